The molecular weight excluding hydrogens is 364 g/mol. The van der Waals surface area contributed by atoms with Gasteiger partial charge in [-0.3, -0.25) is 0 Å². The van der Waals surface area contributed by atoms with Gasteiger partial charge in [0.25, 0.3) is 0 Å². The SMILES string of the molecule is COc1ccc(CNC(c2ccccc2)c2c(C(=O)O)[nH]c3ccccc23)cc1. The molecule has 29 heavy (non-hydrogen) atoms. The van der Waals surface area contributed by atoms with Gasteiger partial charge < -0.3 is 20.1 Å². The summed E-state index contributed by atoms with van der Waals surface area (Å²) in [5, 5.41) is 14.3. The Morgan fingerprint density at radius 3 is 2.38 bits per heavy atom. The largest absolute Gasteiger partial charge is 0.497 e. The zero-order chi connectivity index (χ0) is 20.2. The van der Waals surface area contributed by atoms with E-state index in [0.29, 0.717) is 6.54 Å². The van der Waals surface area contributed by atoms with Crippen LogP contribution in [0.2, 0.25) is 0 Å². The number of hydrogen-bond donors (Lipinski definition) is 3. The number of nitrogens with one attached hydrogen (secondary N) is 2. The molecule has 0 amide bonds. The minimum absolute atomic E-state index is 0.210. The second-order valence-electron chi connectivity index (χ2n) is 6.84. The number of rotatable bonds is 7. The Morgan fingerprint density at radius 2 is 1.69 bits per heavy atom. The molecule has 0 bridgehead atoms. The first kappa shape index (κ1) is 18.8. The predicted octanol–water partition coefficient (Wildman–Crippen LogP) is 4.75. The lowest BCUT2D eigenvalue weighted by Crippen LogP contribution is -2.23. The summed E-state index contributed by atoms with van der Waals surface area (Å²) in [7, 11) is 1.64. The van der Waals surface area contributed by atoms with Crippen LogP contribution in [0, 0.1) is 0 Å². The number of aromatic nitrogens is 1. The molecule has 146 valence electrons. The molecule has 3 aromatic carbocycles. The van der Waals surface area contributed by atoms with Gasteiger partial charge in [-0.2, -0.15) is 0 Å². The van der Waals surface area contributed by atoms with E-state index < -0.39 is 5.97 Å². The van der Waals surface area contributed by atoms with Crippen molar-refractivity contribution in [2.24, 2.45) is 0 Å². The second-order valence-corrected chi connectivity index (χ2v) is 6.84. The summed E-state index contributed by atoms with van der Waals surface area (Å²) in [6.45, 7) is 0.585. The highest BCUT2D eigenvalue weighted by atomic mass is 16.5. The molecule has 3 N–H and O–H groups in total. The Bertz CT molecular complexity index is 1120. The first-order chi connectivity index (χ1) is 14.2. The summed E-state index contributed by atoms with van der Waals surface area (Å²) in [6, 6.07) is 25.2. The van der Waals surface area contributed by atoms with Crippen molar-refractivity contribution >= 4 is 16.9 Å². The Labute approximate surface area is 169 Å². The van der Waals surface area contributed by atoms with Crippen LogP contribution in [0.1, 0.15) is 33.2 Å². The summed E-state index contributed by atoms with van der Waals surface area (Å²) in [5.41, 5.74) is 3.86. The predicted molar refractivity (Wildman–Crippen MR) is 113 cm³/mol. The van der Waals surface area contributed by atoms with Crippen LogP contribution in [-0.4, -0.2) is 23.2 Å². The highest BCUT2D eigenvalue weighted by molar-refractivity contribution is 5.98. The number of ether oxygens (including phenoxy) is 1. The van der Waals surface area contributed by atoms with Gasteiger partial charge in [0.05, 0.1) is 13.2 Å². The van der Waals surface area contributed by atoms with Crippen molar-refractivity contribution in [1.29, 1.82) is 0 Å². The summed E-state index contributed by atoms with van der Waals surface area (Å²) in [4.78, 5) is 15.1. The van der Waals surface area contributed by atoms with E-state index in [1.54, 1.807) is 7.11 Å². The minimum atomic E-state index is -0.969. The van der Waals surface area contributed by atoms with E-state index in [9.17, 15) is 9.90 Å². The van der Waals surface area contributed by atoms with Gasteiger partial charge in [0.1, 0.15) is 11.4 Å². The fourth-order valence-corrected chi connectivity index (χ4v) is 3.63. The van der Waals surface area contributed by atoms with Gasteiger partial charge in [-0.25, -0.2) is 4.79 Å². The van der Waals surface area contributed by atoms with E-state index >= 15 is 0 Å². The van der Waals surface area contributed by atoms with Crippen LogP contribution in [-0.2, 0) is 6.54 Å². The van der Waals surface area contributed by atoms with Crippen LogP contribution >= 0.6 is 0 Å². The van der Waals surface area contributed by atoms with Gasteiger partial charge >= 0.3 is 5.97 Å². The third kappa shape index (κ3) is 3.86. The maximum absolute atomic E-state index is 12.0. The molecular formula is C24H22N2O3. The molecule has 5 heteroatoms. The van der Waals surface area contributed by atoms with E-state index in [-0.39, 0.29) is 11.7 Å². The number of aromatic amines is 1. The first-order valence-electron chi connectivity index (χ1n) is 9.42. The van der Waals surface area contributed by atoms with Crippen LogP contribution in [0.4, 0.5) is 0 Å². The van der Waals surface area contributed by atoms with E-state index in [1.807, 2.05) is 78.9 Å². The normalized spacial score (nSPS) is 12.0. The number of para-hydroxylation sites is 1. The number of methoxy groups -OCH3 is 1. The summed E-state index contributed by atoms with van der Waals surface area (Å²) in [6.07, 6.45) is 0. The molecule has 0 spiro atoms. The lowest BCUT2D eigenvalue weighted by atomic mass is 9.95. The van der Waals surface area contributed by atoms with Crippen LogP contribution in [0.25, 0.3) is 10.9 Å². The number of benzene rings is 3. The Hall–Kier alpha value is -3.57. The number of carboxylic acid groups (broad SMARTS) is 1. The van der Waals surface area contributed by atoms with Gasteiger partial charge in [0.15, 0.2) is 0 Å². The quantitative estimate of drug-likeness (QED) is 0.428. The number of H-pyrrole nitrogens is 1. The van der Waals surface area contributed by atoms with Crippen LogP contribution in [0.5, 0.6) is 5.75 Å². The van der Waals surface area contributed by atoms with Gasteiger partial charge in [-0.15, -0.1) is 0 Å². The average molecular weight is 386 g/mol. The van der Waals surface area contributed by atoms with Gasteiger partial charge in [0, 0.05) is 23.0 Å². The lowest BCUT2D eigenvalue weighted by Gasteiger charge is -2.20. The van der Waals surface area contributed by atoms with Gasteiger partial charge in [0.2, 0.25) is 0 Å². The number of aromatic carboxylic acids is 1. The van der Waals surface area contributed by atoms with Crippen molar-refractivity contribution in [2.45, 2.75) is 12.6 Å². The fourth-order valence-electron chi connectivity index (χ4n) is 3.63. The van der Waals surface area contributed by atoms with E-state index in [2.05, 4.69) is 10.3 Å². The summed E-state index contributed by atoms with van der Waals surface area (Å²) < 4.78 is 5.22. The average Bonchev–Trinajstić information content (AvgIpc) is 3.15. The minimum Gasteiger partial charge on any atom is -0.497 e. The lowest BCUT2D eigenvalue weighted by molar-refractivity contribution is 0.0689. The third-order valence-corrected chi connectivity index (χ3v) is 5.05. The molecule has 1 aromatic heterocycles. The fraction of sp³-hybridized carbons (Fsp3) is 0.125. The third-order valence-electron chi connectivity index (χ3n) is 5.05. The van der Waals surface area contributed by atoms with Crippen molar-refractivity contribution in [3.05, 3.63) is 101 Å². The standard InChI is InChI=1S/C24H22N2O3/c1-29-18-13-11-16(12-14-18)15-25-22(17-7-3-2-4-8-17)21-19-9-5-6-10-20(19)26-23(21)24(27)28/h2-14,22,25-26H,15H2,1H3,(H,27,28). The second kappa shape index (κ2) is 8.20. The Kier molecular flexibility index (Phi) is 5.31. The molecule has 0 saturated heterocycles. The molecule has 1 heterocycles. The molecule has 1 atom stereocenters. The van der Waals surface area contributed by atoms with Crippen LogP contribution in [0.3, 0.4) is 0 Å². The molecule has 0 aliphatic carbocycles. The number of hydrogen-bond acceptors (Lipinski definition) is 3. The number of carboxylic acids is 1. The Morgan fingerprint density at radius 1 is 1.00 bits per heavy atom. The van der Waals surface area contributed by atoms with Gasteiger partial charge in [-0.05, 0) is 29.3 Å². The zero-order valence-corrected chi connectivity index (χ0v) is 16.1. The first-order valence-corrected chi connectivity index (χ1v) is 9.42. The number of fused-ring (bicyclic) bond motifs is 1. The molecule has 0 radical (unpaired) electrons. The molecule has 0 saturated carbocycles. The van der Waals surface area contributed by atoms with Crippen molar-refractivity contribution in [2.75, 3.05) is 7.11 Å². The van der Waals surface area contributed by atoms with Crippen LogP contribution in [0.15, 0.2) is 78.9 Å². The molecule has 4 aromatic rings. The van der Waals surface area contributed by atoms with Crippen molar-refractivity contribution in [3.8, 4) is 5.75 Å². The summed E-state index contributed by atoms with van der Waals surface area (Å²) in [5.74, 6) is -0.165. The monoisotopic (exact) mass is 386 g/mol. The maximum atomic E-state index is 12.0. The molecule has 0 fully saturated rings. The van der Waals surface area contributed by atoms with E-state index in [1.165, 1.54) is 0 Å². The molecule has 5 nitrogen and oxygen atoms in total. The van der Waals surface area contributed by atoms with E-state index in [0.717, 1.165) is 33.3 Å². The maximum Gasteiger partial charge on any atom is 0.352 e. The highest BCUT2D eigenvalue weighted by Gasteiger charge is 2.25. The summed E-state index contributed by atoms with van der Waals surface area (Å²) >= 11 is 0. The highest BCUT2D eigenvalue weighted by Crippen LogP contribution is 2.32. The molecule has 4 rings (SSSR count). The Balaban J connectivity index is 1.76. The van der Waals surface area contributed by atoms with Crippen molar-refractivity contribution in [3.63, 3.8) is 0 Å². The van der Waals surface area contributed by atoms with Crippen LogP contribution < -0.4 is 10.1 Å². The zero-order valence-electron chi connectivity index (χ0n) is 16.1. The number of carbonyl (C=O) groups is 1. The van der Waals surface area contributed by atoms with Gasteiger partial charge in [-0.1, -0.05) is 60.7 Å². The molecule has 0 aliphatic rings. The smallest absolute Gasteiger partial charge is 0.352 e. The van der Waals surface area contributed by atoms with Crippen molar-refractivity contribution in [1.82, 2.24) is 10.3 Å². The topological polar surface area (TPSA) is 74.3 Å². The molecule has 0 aliphatic heterocycles. The molecule has 1 unspecified atom stereocenters. The van der Waals surface area contributed by atoms with E-state index in [4.69, 9.17) is 4.74 Å². The van der Waals surface area contributed by atoms with Crippen molar-refractivity contribution < 1.29 is 14.6 Å².